The number of non-ortho nitro benzene ring substituents is 1. The number of amides is 2. The SMILES string of the molecule is CC(C)C(=O)N1c2ccccc2[C@H](N(C(=O)c2ccc([N+](=O)[O-])cc2)c2ccccc2)C[C@H]1C. The smallest absolute Gasteiger partial charge is 0.269 e. The molecule has 2 atom stereocenters. The number of nitro benzene ring substituents is 1. The zero-order chi connectivity index (χ0) is 24.4. The molecule has 1 heterocycles. The summed E-state index contributed by atoms with van der Waals surface area (Å²) >= 11 is 0. The molecule has 3 aromatic carbocycles. The van der Waals surface area contributed by atoms with Crippen molar-refractivity contribution in [3.63, 3.8) is 0 Å². The highest BCUT2D eigenvalue weighted by molar-refractivity contribution is 6.07. The van der Waals surface area contributed by atoms with Gasteiger partial charge in [0.15, 0.2) is 0 Å². The molecule has 0 aliphatic carbocycles. The van der Waals surface area contributed by atoms with Crippen LogP contribution in [0.4, 0.5) is 17.1 Å². The minimum atomic E-state index is -0.484. The molecule has 3 aromatic rings. The monoisotopic (exact) mass is 457 g/mol. The maximum absolute atomic E-state index is 13.8. The van der Waals surface area contributed by atoms with Crippen LogP contribution in [0, 0.1) is 16.0 Å². The Labute approximate surface area is 198 Å². The molecule has 174 valence electrons. The first-order valence-electron chi connectivity index (χ1n) is 11.3. The van der Waals surface area contributed by atoms with Crippen LogP contribution in [-0.2, 0) is 4.79 Å². The zero-order valence-electron chi connectivity index (χ0n) is 19.4. The second-order valence-electron chi connectivity index (χ2n) is 8.84. The van der Waals surface area contributed by atoms with E-state index in [-0.39, 0.29) is 35.5 Å². The Balaban J connectivity index is 1.82. The predicted molar refractivity (Wildman–Crippen MR) is 132 cm³/mol. The lowest BCUT2D eigenvalue weighted by atomic mass is 9.88. The summed E-state index contributed by atoms with van der Waals surface area (Å²) in [6, 6.07) is 22.3. The standard InChI is InChI=1S/C27H27N3O4/c1-18(2)26(31)28-19(3)17-25(23-11-7-8-12-24(23)28)29(21-9-5-4-6-10-21)27(32)20-13-15-22(16-14-20)30(33)34/h4-16,18-19,25H,17H2,1-3H3/t19-,25-/m1/s1. The van der Waals surface area contributed by atoms with E-state index in [2.05, 4.69) is 0 Å². The van der Waals surface area contributed by atoms with E-state index in [9.17, 15) is 19.7 Å². The number of benzene rings is 3. The molecular formula is C27H27N3O4. The molecule has 0 aromatic heterocycles. The lowest BCUT2D eigenvalue weighted by Gasteiger charge is -2.44. The molecule has 0 spiro atoms. The number of nitro groups is 1. The van der Waals surface area contributed by atoms with Gasteiger partial charge in [0, 0.05) is 41.0 Å². The maximum atomic E-state index is 13.8. The first-order chi connectivity index (χ1) is 16.3. The molecule has 7 heteroatoms. The number of carbonyl (C=O) groups excluding carboxylic acids is 2. The quantitative estimate of drug-likeness (QED) is 0.360. The average Bonchev–Trinajstić information content (AvgIpc) is 2.84. The molecule has 0 N–H and O–H groups in total. The van der Waals surface area contributed by atoms with Gasteiger partial charge in [0.25, 0.3) is 11.6 Å². The van der Waals surface area contributed by atoms with Crippen molar-refractivity contribution in [2.75, 3.05) is 9.80 Å². The number of para-hydroxylation sites is 2. The summed E-state index contributed by atoms with van der Waals surface area (Å²) in [5.74, 6) is -0.359. The summed E-state index contributed by atoms with van der Waals surface area (Å²) in [6.45, 7) is 5.78. The van der Waals surface area contributed by atoms with Gasteiger partial charge >= 0.3 is 0 Å². The second kappa shape index (κ2) is 9.47. The normalized spacial score (nSPS) is 17.2. The van der Waals surface area contributed by atoms with Crippen molar-refractivity contribution in [2.24, 2.45) is 5.92 Å². The second-order valence-corrected chi connectivity index (χ2v) is 8.84. The summed E-state index contributed by atoms with van der Waals surface area (Å²) in [5, 5.41) is 11.1. The summed E-state index contributed by atoms with van der Waals surface area (Å²) in [4.78, 5) is 41.1. The Hall–Kier alpha value is -4.00. The van der Waals surface area contributed by atoms with Crippen LogP contribution in [0.1, 0.15) is 49.2 Å². The van der Waals surface area contributed by atoms with E-state index in [0.29, 0.717) is 12.0 Å². The van der Waals surface area contributed by atoms with Crippen LogP contribution in [0.25, 0.3) is 0 Å². The molecule has 0 saturated carbocycles. The Morgan fingerprint density at radius 3 is 2.21 bits per heavy atom. The molecular weight excluding hydrogens is 430 g/mol. The minimum Gasteiger partial charge on any atom is -0.309 e. The topological polar surface area (TPSA) is 83.8 Å². The van der Waals surface area contributed by atoms with Crippen LogP contribution >= 0.6 is 0 Å². The molecule has 34 heavy (non-hydrogen) atoms. The van der Waals surface area contributed by atoms with Gasteiger partial charge in [-0.15, -0.1) is 0 Å². The van der Waals surface area contributed by atoms with E-state index in [1.807, 2.05) is 80.3 Å². The van der Waals surface area contributed by atoms with E-state index in [4.69, 9.17) is 0 Å². The minimum absolute atomic E-state index is 0.0476. The van der Waals surface area contributed by atoms with Gasteiger partial charge in [0.2, 0.25) is 5.91 Å². The summed E-state index contributed by atoms with van der Waals surface area (Å²) in [6.07, 6.45) is 0.559. The highest BCUT2D eigenvalue weighted by Crippen LogP contribution is 2.43. The van der Waals surface area contributed by atoms with Gasteiger partial charge in [-0.25, -0.2) is 0 Å². The number of rotatable bonds is 5. The van der Waals surface area contributed by atoms with E-state index < -0.39 is 4.92 Å². The van der Waals surface area contributed by atoms with Crippen molar-refractivity contribution in [1.82, 2.24) is 0 Å². The molecule has 1 aliphatic rings. The Morgan fingerprint density at radius 1 is 0.971 bits per heavy atom. The lowest BCUT2D eigenvalue weighted by molar-refractivity contribution is -0.384. The molecule has 0 unspecified atom stereocenters. The van der Waals surface area contributed by atoms with Crippen molar-refractivity contribution in [3.05, 3.63) is 100 Å². The maximum Gasteiger partial charge on any atom is 0.269 e. The number of hydrogen-bond acceptors (Lipinski definition) is 4. The number of anilines is 2. The fourth-order valence-electron chi connectivity index (χ4n) is 4.53. The van der Waals surface area contributed by atoms with Crippen molar-refractivity contribution in [2.45, 2.75) is 39.3 Å². The van der Waals surface area contributed by atoms with Gasteiger partial charge < -0.3 is 9.80 Å². The number of carbonyl (C=O) groups is 2. The lowest BCUT2D eigenvalue weighted by Crippen LogP contribution is -2.49. The van der Waals surface area contributed by atoms with E-state index in [0.717, 1.165) is 16.9 Å². The molecule has 0 fully saturated rings. The fraction of sp³-hybridized carbons (Fsp3) is 0.259. The van der Waals surface area contributed by atoms with Gasteiger partial charge in [-0.3, -0.25) is 19.7 Å². The molecule has 2 amide bonds. The summed E-state index contributed by atoms with van der Waals surface area (Å²) in [7, 11) is 0. The highest BCUT2D eigenvalue weighted by Gasteiger charge is 2.39. The van der Waals surface area contributed by atoms with Gasteiger partial charge in [-0.2, -0.15) is 0 Å². The predicted octanol–water partition coefficient (Wildman–Crippen LogP) is 5.76. The summed E-state index contributed by atoms with van der Waals surface area (Å²) in [5.41, 5.74) is 2.72. The third-order valence-corrected chi connectivity index (χ3v) is 6.18. The summed E-state index contributed by atoms with van der Waals surface area (Å²) < 4.78 is 0. The van der Waals surface area contributed by atoms with Gasteiger partial charge in [0.05, 0.1) is 11.0 Å². The van der Waals surface area contributed by atoms with Crippen LogP contribution in [0.5, 0.6) is 0 Å². The van der Waals surface area contributed by atoms with Crippen LogP contribution < -0.4 is 9.80 Å². The molecule has 7 nitrogen and oxygen atoms in total. The van der Waals surface area contributed by atoms with Crippen LogP contribution in [-0.4, -0.2) is 22.8 Å². The van der Waals surface area contributed by atoms with Gasteiger partial charge in [-0.05, 0) is 49.2 Å². The van der Waals surface area contributed by atoms with Crippen LogP contribution in [0.2, 0.25) is 0 Å². The third-order valence-electron chi connectivity index (χ3n) is 6.18. The zero-order valence-corrected chi connectivity index (χ0v) is 19.4. The Kier molecular flexibility index (Phi) is 6.45. The van der Waals surface area contributed by atoms with Crippen molar-refractivity contribution in [3.8, 4) is 0 Å². The third kappa shape index (κ3) is 4.29. The molecule has 0 radical (unpaired) electrons. The van der Waals surface area contributed by atoms with E-state index in [1.165, 1.54) is 24.3 Å². The highest BCUT2D eigenvalue weighted by atomic mass is 16.6. The number of nitrogens with zero attached hydrogens (tertiary/aromatic N) is 3. The van der Waals surface area contributed by atoms with Crippen molar-refractivity contribution >= 4 is 28.9 Å². The molecule has 1 aliphatic heterocycles. The fourth-order valence-corrected chi connectivity index (χ4v) is 4.53. The van der Waals surface area contributed by atoms with Gasteiger partial charge in [0.1, 0.15) is 0 Å². The van der Waals surface area contributed by atoms with Crippen LogP contribution in [0.15, 0.2) is 78.9 Å². The Bertz CT molecular complexity index is 1210. The number of fused-ring (bicyclic) bond motifs is 1. The van der Waals surface area contributed by atoms with E-state index in [1.54, 1.807) is 4.90 Å². The van der Waals surface area contributed by atoms with Gasteiger partial charge in [-0.1, -0.05) is 50.2 Å². The number of hydrogen-bond donors (Lipinski definition) is 0. The van der Waals surface area contributed by atoms with Crippen molar-refractivity contribution < 1.29 is 14.5 Å². The van der Waals surface area contributed by atoms with Crippen molar-refractivity contribution in [1.29, 1.82) is 0 Å². The van der Waals surface area contributed by atoms with E-state index >= 15 is 0 Å². The first kappa shape index (κ1) is 23.2. The average molecular weight is 458 g/mol. The molecule has 4 rings (SSSR count). The molecule has 0 bridgehead atoms. The first-order valence-corrected chi connectivity index (χ1v) is 11.3. The Morgan fingerprint density at radius 2 is 1.59 bits per heavy atom. The van der Waals surface area contributed by atoms with Crippen LogP contribution in [0.3, 0.4) is 0 Å². The molecule has 0 saturated heterocycles. The largest absolute Gasteiger partial charge is 0.309 e.